The van der Waals surface area contributed by atoms with E-state index in [0.29, 0.717) is 24.6 Å². The van der Waals surface area contributed by atoms with Crippen molar-refractivity contribution in [1.29, 1.82) is 0 Å². The smallest absolute Gasteiger partial charge is 0.254 e. The molecule has 106 valence electrons. The predicted octanol–water partition coefficient (Wildman–Crippen LogP) is 1.94. The Hall–Kier alpha value is -1.88. The van der Waals surface area contributed by atoms with Crippen LogP contribution in [0.5, 0.6) is 0 Å². The summed E-state index contributed by atoms with van der Waals surface area (Å²) >= 11 is 0. The van der Waals surface area contributed by atoms with Gasteiger partial charge in [0.05, 0.1) is 17.4 Å². The Bertz CT molecular complexity index is 604. The summed E-state index contributed by atoms with van der Waals surface area (Å²) in [6, 6.07) is 5.89. The first kappa shape index (κ1) is 13.1. The number of fused-ring (bicyclic) bond motifs is 1. The number of hydrogen-bond acceptors (Lipinski definition) is 3. The largest absolute Gasteiger partial charge is 0.396 e. The third-order valence-corrected chi connectivity index (χ3v) is 4.00. The molecule has 20 heavy (non-hydrogen) atoms. The molecular weight excluding hydrogens is 254 g/mol. The highest BCUT2D eigenvalue weighted by Crippen LogP contribution is 2.26. The lowest BCUT2D eigenvalue weighted by atomic mass is 9.90. The average Bonchev–Trinajstić information content (AvgIpc) is 2.87. The van der Waals surface area contributed by atoms with Gasteiger partial charge >= 0.3 is 0 Å². The van der Waals surface area contributed by atoms with Gasteiger partial charge in [0.25, 0.3) is 5.91 Å². The minimum atomic E-state index is 0.0552. The zero-order valence-corrected chi connectivity index (χ0v) is 11.4. The van der Waals surface area contributed by atoms with Crippen LogP contribution in [0.25, 0.3) is 11.0 Å². The van der Waals surface area contributed by atoms with Gasteiger partial charge in [-0.15, -0.1) is 0 Å². The number of nitrogens with one attached hydrogen (secondary N) is 1. The SMILES string of the molecule is O=C(c1ccc2nc[nH]c2c1)N(CCCO)C1CCC1. The summed E-state index contributed by atoms with van der Waals surface area (Å²) in [7, 11) is 0. The van der Waals surface area contributed by atoms with Crippen LogP contribution in [-0.4, -0.2) is 45.1 Å². The fourth-order valence-electron chi connectivity index (χ4n) is 2.62. The maximum Gasteiger partial charge on any atom is 0.254 e. The van der Waals surface area contributed by atoms with Crippen molar-refractivity contribution >= 4 is 16.9 Å². The minimum Gasteiger partial charge on any atom is -0.396 e. The molecule has 1 aliphatic carbocycles. The Labute approximate surface area is 117 Å². The molecule has 1 aromatic carbocycles. The first-order valence-corrected chi connectivity index (χ1v) is 7.14. The highest BCUT2D eigenvalue weighted by Gasteiger charge is 2.29. The molecule has 2 N–H and O–H groups in total. The number of carbonyl (C=O) groups is 1. The van der Waals surface area contributed by atoms with Crippen LogP contribution in [0.3, 0.4) is 0 Å². The molecule has 1 aliphatic rings. The van der Waals surface area contributed by atoms with Gasteiger partial charge in [-0.25, -0.2) is 4.98 Å². The molecule has 0 aliphatic heterocycles. The fourth-order valence-corrected chi connectivity index (χ4v) is 2.62. The van der Waals surface area contributed by atoms with Gasteiger partial charge in [0, 0.05) is 24.8 Å². The van der Waals surface area contributed by atoms with Crippen LogP contribution in [-0.2, 0) is 0 Å². The van der Waals surface area contributed by atoms with E-state index in [1.165, 1.54) is 6.42 Å². The third-order valence-electron chi connectivity index (χ3n) is 4.00. The number of benzene rings is 1. The molecule has 0 atom stereocenters. The number of aliphatic hydroxyl groups is 1. The molecule has 1 heterocycles. The number of aliphatic hydroxyl groups excluding tert-OH is 1. The number of aromatic amines is 1. The Balaban J connectivity index is 1.83. The molecule has 0 bridgehead atoms. The number of imidazole rings is 1. The zero-order valence-electron chi connectivity index (χ0n) is 11.4. The van der Waals surface area contributed by atoms with Crippen molar-refractivity contribution in [3.8, 4) is 0 Å². The topological polar surface area (TPSA) is 69.2 Å². The second kappa shape index (κ2) is 5.63. The van der Waals surface area contributed by atoms with Gasteiger partial charge in [-0.2, -0.15) is 0 Å². The lowest BCUT2D eigenvalue weighted by Crippen LogP contribution is -2.44. The van der Waals surface area contributed by atoms with Crippen LogP contribution in [0.1, 0.15) is 36.0 Å². The standard InChI is InChI=1S/C15H19N3O2/c19-8-2-7-18(12-3-1-4-12)15(20)11-5-6-13-14(9-11)17-10-16-13/h5-6,9-10,12,19H,1-4,7-8H2,(H,16,17). The zero-order chi connectivity index (χ0) is 13.9. The Kier molecular flexibility index (Phi) is 3.69. The first-order valence-electron chi connectivity index (χ1n) is 7.14. The minimum absolute atomic E-state index is 0.0552. The van der Waals surface area contributed by atoms with Crippen molar-refractivity contribution in [3.63, 3.8) is 0 Å². The fraction of sp³-hybridized carbons (Fsp3) is 0.467. The predicted molar refractivity (Wildman–Crippen MR) is 76.5 cm³/mol. The number of nitrogens with zero attached hydrogens (tertiary/aromatic N) is 2. The normalized spacial score (nSPS) is 15.2. The highest BCUT2D eigenvalue weighted by molar-refractivity contribution is 5.97. The summed E-state index contributed by atoms with van der Waals surface area (Å²) in [5.41, 5.74) is 2.44. The number of carbonyl (C=O) groups excluding carboxylic acids is 1. The lowest BCUT2D eigenvalue weighted by Gasteiger charge is -2.37. The molecule has 5 nitrogen and oxygen atoms in total. The summed E-state index contributed by atoms with van der Waals surface area (Å²) in [5, 5.41) is 9.00. The van der Waals surface area contributed by atoms with Crippen LogP contribution in [0.2, 0.25) is 0 Å². The molecule has 0 radical (unpaired) electrons. The van der Waals surface area contributed by atoms with Crippen molar-refractivity contribution in [2.75, 3.05) is 13.2 Å². The number of H-pyrrole nitrogens is 1. The molecule has 0 saturated heterocycles. The molecule has 2 aromatic rings. The van der Waals surface area contributed by atoms with E-state index in [1.54, 1.807) is 6.33 Å². The summed E-state index contributed by atoms with van der Waals surface area (Å²) in [6.07, 6.45) is 5.60. The van der Waals surface area contributed by atoms with Gasteiger partial charge in [-0.05, 0) is 43.9 Å². The second-order valence-electron chi connectivity index (χ2n) is 5.29. The molecule has 1 fully saturated rings. The quantitative estimate of drug-likeness (QED) is 0.874. The average molecular weight is 273 g/mol. The monoisotopic (exact) mass is 273 g/mol. The van der Waals surface area contributed by atoms with Gasteiger partial charge in [0.2, 0.25) is 0 Å². The van der Waals surface area contributed by atoms with Crippen LogP contribution in [0.4, 0.5) is 0 Å². The molecule has 1 saturated carbocycles. The summed E-state index contributed by atoms with van der Waals surface area (Å²) in [5.74, 6) is 0.0552. The van der Waals surface area contributed by atoms with Crippen molar-refractivity contribution in [3.05, 3.63) is 30.1 Å². The summed E-state index contributed by atoms with van der Waals surface area (Å²) < 4.78 is 0. The van der Waals surface area contributed by atoms with Crippen LogP contribution in [0, 0.1) is 0 Å². The van der Waals surface area contributed by atoms with Crippen molar-refractivity contribution in [2.24, 2.45) is 0 Å². The van der Waals surface area contributed by atoms with Crippen LogP contribution >= 0.6 is 0 Å². The first-order chi connectivity index (χ1) is 9.79. The van der Waals surface area contributed by atoms with E-state index in [1.807, 2.05) is 23.1 Å². The van der Waals surface area contributed by atoms with Gasteiger partial charge in [0.15, 0.2) is 0 Å². The van der Waals surface area contributed by atoms with Gasteiger partial charge in [0.1, 0.15) is 0 Å². The molecule has 3 rings (SSSR count). The summed E-state index contributed by atoms with van der Waals surface area (Å²) in [6.45, 7) is 0.747. The van der Waals surface area contributed by atoms with E-state index in [4.69, 9.17) is 5.11 Å². The van der Waals surface area contributed by atoms with Crippen LogP contribution < -0.4 is 0 Å². The van der Waals surface area contributed by atoms with Gasteiger partial charge in [-0.1, -0.05) is 0 Å². The van der Waals surface area contributed by atoms with Crippen molar-refractivity contribution < 1.29 is 9.90 Å². The number of rotatable bonds is 5. The van der Waals surface area contributed by atoms with E-state index in [2.05, 4.69) is 9.97 Å². The summed E-state index contributed by atoms with van der Waals surface area (Å²) in [4.78, 5) is 21.8. The maximum atomic E-state index is 12.7. The third kappa shape index (κ3) is 2.41. The van der Waals surface area contributed by atoms with Gasteiger partial charge in [-0.3, -0.25) is 4.79 Å². The molecular formula is C15H19N3O2. The second-order valence-corrected chi connectivity index (χ2v) is 5.29. The number of aromatic nitrogens is 2. The molecule has 0 spiro atoms. The molecule has 1 aromatic heterocycles. The van der Waals surface area contributed by atoms with Crippen LogP contribution in [0.15, 0.2) is 24.5 Å². The maximum absolute atomic E-state index is 12.7. The van der Waals surface area contributed by atoms with E-state index in [0.717, 1.165) is 23.9 Å². The van der Waals surface area contributed by atoms with E-state index >= 15 is 0 Å². The highest BCUT2D eigenvalue weighted by atomic mass is 16.3. The lowest BCUT2D eigenvalue weighted by molar-refractivity contribution is 0.0562. The Morgan fingerprint density at radius 3 is 3.00 bits per heavy atom. The molecule has 1 amide bonds. The Morgan fingerprint density at radius 2 is 2.30 bits per heavy atom. The van der Waals surface area contributed by atoms with Crippen molar-refractivity contribution in [2.45, 2.75) is 31.7 Å². The Morgan fingerprint density at radius 1 is 1.45 bits per heavy atom. The van der Waals surface area contributed by atoms with E-state index in [9.17, 15) is 4.79 Å². The molecule has 5 heteroatoms. The van der Waals surface area contributed by atoms with E-state index < -0.39 is 0 Å². The molecule has 0 unspecified atom stereocenters. The number of hydrogen-bond donors (Lipinski definition) is 2. The van der Waals surface area contributed by atoms with Crippen molar-refractivity contribution in [1.82, 2.24) is 14.9 Å². The van der Waals surface area contributed by atoms with E-state index in [-0.39, 0.29) is 12.5 Å². The van der Waals surface area contributed by atoms with Gasteiger partial charge < -0.3 is 15.0 Å². The number of amides is 1.